The van der Waals surface area contributed by atoms with Crippen molar-refractivity contribution in [3.05, 3.63) is 74.9 Å². The lowest BCUT2D eigenvalue weighted by molar-refractivity contribution is -0.116. The van der Waals surface area contributed by atoms with E-state index in [4.69, 9.17) is 0 Å². The van der Waals surface area contributed by atoms with Crippen molar-refractivity contribution in [2.45, 2.75) is 13.5 Å². The Bertz CT molecular complexity index is 1080. The van der Waals surface area contributed by atoms with Crippen LogP contribution in [0, 0.1) is 0 Å². The van der Waals surface area contributed by atoms with E-state index >= 15 is 0 Å². The molecule has 0 atom stereocenters. The number of para-hydroxylation sites is 1. The number of benzene rings is 2. The van der Waals surface area contributed by atoms with Gasteiger partial charge >= 0.3 is 5.69 Å². The first-order chi connectivity index (χ1) is 12.0. The number of H-pyrrole nitrogens is 1. The SMILES string of the molecule is CC(=O)c1ccc(NC(=O)Cn2c(=O)[nH]c3ccccc3c2=O)cc1. The van der Waals surface area contributed by atoms with Crippen LogP contribution >= 0.6 is 0 Å². The van der Waals surface area contributed by atoms with E-state index in [0.717, 1.165) is 4.57 Å². The molecule has 0 bridgehead atoms. The van der Waals surface area contributed by atoms with Crippen LogP contribution in [0.3, 0.4) is 0 Å². The third-order valence-corrected chi connectivity index (χ3v) is 3.77. The second-order valence-electron chi connectivity index (χ2n) is 5.55. The van der Waals surface area contributed by atoms with Gasteiger partial charge in [-0.15, -0.1) is 0 Å². The molecule has 7 nitrogen and oxygen atoms in total. The molecule has 0 radical (unpaired) electrons. The summed E-state index contributed by atoms with van der Waals surface area (Å²) in [6, 6.07) is 13.0. The number of aromatic nitrogens is 2. The minimum absolute atomic E-state index is 0.0767. The zero-order valence-electron chi connectivity index (χ0n) is 13.4. The maximum atomic E-state index is 12.4. The van der Waals surface area contributed by atoms with Gasteiger partial charge in [-0.1, -0.05) is 12.1 Å². The molecule has 1 heterocycles. The lowest BCUT2D eigenvalue weighted by Crippen LogP contribution is -2.38. The number of hydrogen-bond acceptors (Lipinski definition) is 4. The number of carbonyl (C=O) groups excluding carboxylic acids is 2. The fraction of sp³-hybridized carbons (Fsp3) is 0.111. The number of carbonyl (C=O) groups is 2. The average molecular weight is 337 g/mol. The molecule has 0 fully saturated rings. The fourth-order valence-electron chi connectivity index (χ4n) is 2.47. The van der Waals surface area contributed by atoms with Crippen LogP contribution in [0.5, 0.6) is 0 Å². The highest BCUT2D eigenvalue weighted by Crippen LogP contribution is 2.10. The normalized spacial score (nSPS) is 10.6. The first kappa shape index (κ1) is 16.4. The molecule has 0 saturated carbocycles. The summed E-state index contributed by atoms with van der Waals surface area (Å²) in [7, 11) is 0. The molecule has 126 valence electrons. The summed E-state index contributed by atoms with van der Waals surface area (Å²) in [5.74, 6) is -0.592. The van der Waals surface area contributed by atoms with Gasteiger partial charge in [0, 0.05) is 11.3 Å². The molecular weight excluding hydrogens is 322 g/mol. The lowest BCUT2D eigenvalue weighted by atomic mass is 10.1. The molecule has 3 aromatic rings. The van der Waals surface area contributed by atoms with Crippen molar-refractivity contribution in [3.8, 4) is 0 Å². The molecular formula is C18H15N3O4. The second kappa shape index (κ2) is 6.56. The Morgan fingerprint density at radius 3 is 2.40 bits per heavy atom. The zero-order chi connectivity index (χ0) is 18.0. The Morgan fingerprint density at radius 2 is 1.72 bits per heavy atom. The van der Waals surface area contributed by atoms with Crippen LogP contribution in [-0.4, -0.2) is 21.2 Å². The lowest BCUT2D eigenvalue weighted by Gasteiger charge is -2.08. The van der Waals surface area contributed by atoms with Crippen molar-refractivity contribution in [2.24, 2.45) is 0 Å². The van der Waals surface area contributed by atoms with Gasteiger partial charge in [0.2, 0.25) is 5.91 Å². The minimum Gasteiger partial charge on any atom is -0.325 e. The second-order valence-corrected chi connectivity index (χ2v) is 5.55. The number of aromatic amines is 1. The molecule has 0 spiro atoms. The minimum atomic E-state index is -0.647. The Morgan fingerprint density at radius 1 is 1.04 bits per heavy atom. The van der Waals surface area contributed by atoms with Crippen LogP contribution in [0.4, 0.5) is 5.69 Å². The first-order valence-corrected chi connectivity index (χ1v) is 7.58. The van der Waals surface area contributed by atoms with Crippen molar-refractivity contribution in [1.29, 1.82) is 0 Å². The van der Waals surface area contributed by atoms with Crippen LogP contribution in [-0.2, 0) is 11.3 Å². The third kappa shape index (κ3) is 3.40. The smallest absolute Gasteiger partial charge is 0.325 e. The number of ketones is 1. The van der Waals surface area contributed by atoms with Crippen LogP contribution < -0.4 is 16.6 Å². The predicted molar refractivity (Wildman–Crippen MR) is 93.9 cm³/mol. The molecule has 3 rings (SSSR count). The molecule has 0 unspecified atom stereocenters. The van der Waals surface area contributed by atoms with E-state index in [2.05, 4.69) is 10.3 Å². The van der Waals surface area contributed by atoms with E-state index in [0.29, 0.717) is 22.2 Å². The number of nitrogens with one attached hydrogen (secondary N) is 2. The Hall–Kier alpha value is -3.48. The highest BCUT2D eigenvalue weighted by atomic mass is 16.2. The van der Waals surface area contributed by atoms with Gasteiger partial charge in [0.05, 0.1) is 10.9 Å². The third-order valence-electron chi connectivity index (χ3n) is 3.77. The predicted octanol–water partition coefficient (Wildman–Crippen LogP) is 1.53. The largest absolute Gasteiger partial charge is 0.329 e. The van der Waals surface area contributed by atoms with E-state index in [1.165, 1.54) is 6.92 Å². The number of fused-ring (bicyclic) bond motifs is 1. The first-order valence-electron chi connectivity index (χ1n) is 7.58. The van der Waals surface area contributed by atoms with Crippen LogP contribution in [0.2, 0.25) is 0 Å². The van der Waals surface area contributed by atoms with Crippen molar-refractivity contribution < 1.29 is 9.59 Å². The number of rotatable bonds is 4. The number of Topliss-reactive ketones (excluding diaryl/α,β-unsaturated/α-hetero) is 1. The molecule has 0 aliphatic rings. The molecule has 1 amide bonds. The van der Waals surface area contributed by atoms with Crippen LogP contribution in [0.25, 0.3) is 10.9 Å². The number of hydrogen-bond donors (Lipinski definition) is 2. The highest BCUT2D eigenvalue weighted by molar-refractivity contribution is 5.95. The van der Waals surface area contributed by atoms with Gasteiger partial charge in [0.15, 0.2) is 5.78 Å². The molecule has 0 aliphatic carbocycles. The van der Waals surface area contributed by atoms with E-state index in [1.807, 2.05) is 0 Å². The quantitative estimate of drug-likeness (QED) is 0.705. The van der Waals surface area contributed by atoms with Gasteiger partial charge in [0.25, 0.3) is 5.56 Å². The van der Waals surface area contributed by atoms with Gasteiger partial charge in [-0.2, -0.15) is 0 Å². The van der Waals surface area contributed by atoms with Crippen molar-refractivity contribution >= 4 is 28.3 Å². The van der Waals surface area contributed by atoms with E-state index < -0.39 is 23.7 Å². The highest BCUT2D eigenvalue weighted by Gasteiger charge is 2.11. The number of nitrogens with zero attached hydrogens (tertiary/aromatic N) is 1. The van der Waals surface area contributed by atoms with Gasteiger partial charge in [-0.05, 0) is 43.3 Å². The topological polar surface area (TPSA) is 101 Å². The molecule has 2 aromatic carbocycles. The van der Waals surface area contributed by atoms with Gasteiger partial charge in [0.1, 0.15) is 6.54 Å². The van der Waals surface area contributed by atoms with Gasteiger partial charge in [-0.3, -0.25) is 19.0 Å². The number of amides is 1. The van der Waals surface area contributed by atoms with E-state index in [1.54, 1.807) is 48.5 Å². The molecule has 0 saturated heterocycles. The summed E-state index contributed by atoms with van der Waals surface area (Å²) in [5.41, 5.74) is 0.252. The van der Waals surface area contributed by atoms with Crippen LogP contribution in [0.1, 0.15) is 17.3 Å². The molecule has 1 aromatic heterocycles. The Balaban J connectivity index is 1.83. The number of anilines is 1. The Labute approximate surface area is 141 Å². The summed E-state index contributed by atoms with van der Waals surface area (Å²) in [6.45, 7) is 1.04. The van der Waals surface area contributed by atoms with E-state index in [9.17, 15) is 19.2 Å². The van der Waals surface area contributed by atoms with Crippen molar-refractivity contribution in [3.63, 3.8) is 0 Å². The fourth-order valence-corrected chi connectivity index (χ4v) is 2.47. The average Bonchev–Trinajstić information content (AvgIpc) is 2.59. The standard InChI is InChI=1S/C18H15N3O4/c1-11(22)12-6-8-13(9-7-12)19-16(23)10-21-17(24)14-4-2-3-5-15(14)20-18(21)25/h2-9H,10H2,1H3,(H,19,23)(H,20,25). The van der Waals surface area contributed by atoms with Crippen molar-refractivity contribution in [1.82, 2.24) is 9.55 Å². The summed E-state index contributed by atoms with van der Waals surface area (Å²) in [5, 5.41) is 2.93. The van der Waals surface area contributed by atoms with Gasteiger partial charge in [-0.25, -0.2) is 4.79 Å². The zero-order valence-corrected chi connectivity index (χ0v) is 13.4. The maximum absolute atomic E-state index is 12.4. The summed E-state index contributed by atoms with van der Waals surface area (Å²) in [4.78, 5) is 50.4. The van der Waals surface area contributed by atoms with Crippen molar-refractivity contribution in [2.75, 3.05) is 5.32 Å². The molecule has 2 N–H and O–H groups in total. The van der Waals surface area contributed by atoms with E-state index in [-0.39, 0.29) is 5.78 Å². The monoisotopic (exact) mass is 337 g/mol. The van der Waals surface area contributed by atoms with Crippen LogP contribution in [0.15, 0.2) is 58.1 Å². The summed E-state index contributed by atoms with van der Waals surface area (Å²) >= 11 is 0. The summed E-state index contributed by atoms with van der Waals surface area (Å²) in [6.07, 6.45) is 0. The maximum Gasteiger partial charge on any atom is 0.329 e. The molecule has 25 heavy (non-hydrogen) atoms. The molecule has 0 aliphatic heterocycles. The Kier molecular flexibility index (Phi) is 4.30. The molecule has 7 heteroatoms. The van der Waals surface area contributed by atoms with Gasteiger partial charge < -0.3 is 10.3 Å². The summed E-state index contributed by atoms with van der Waals surface area (Å²) < 4.78 is 0.849.